The van der Waals surface area contributed by atoms with Crippen molar-refractivity contribution in [1.82, 2.24) is 19.2 Å². The van der Waals surface area contributed by atoms with E-state index in [4.69, 9.17) is 4.74 Å². The number of amides is 1. The van der Waals surface area contributed by atoms with Gasteiger partial charge < -0.3 is 14.6 Å². The van der Waals surface area contributed by atoms with Crippen LogP contribution in [0.3, 0.4) is 0 Å². The first kappa shape index (κ1) is 22.3. The standard InChI is InChI=1S/C19H30N4O4S/c1-6-23-17-8-7-15(28(25,26)22(3)4)13-16(17)21-18(23)9-10-19(24)20-14(2)11-12-27-5/h7-8,13-14H,6,9-12H2,1-5H3,(H,20,24). The largest absolute Gasteiger partial charge is 0.385 e. The lowest BCUT2D eigenvalue weighted by molar-refractivity contribution is -0.121. The molecule has 9 heteroatoms. The molecular formula is C19H30N4O4S. The Morgan fingerprint density at radius 3 is 2.68 bits per heavy atom. The number of nitrogens with one attached hydrogen (secondary N) is 1. The SMILES string of the molecule is CCn1c(CCC(=O)NC(C)CCOC)nc2cc(S(=O)(=O)N(C)C)ccc21. The fourth-order valence-corrected chi connectivity index (χ4v) is 3.94. The molecule has 0 spiro atoms. The van der Waals surface area contributed by atoms with Gasteiger partial charge in [-0.15, -0.1) is 0 Å². The average molecular weight is 411 g/mol. The van der Waals surface area contributed by atoms with Crippen LogP contribution in [0.1, 0.15) is 32.5 Å². The van der Waals surface area contributed by atoms with Crippen LogP contribution >= 0.6 is 0 Å². The summed E-state index contributed by atoms with van der Waals surface area (Å²) in [7, 11) is 1.13. The Kier molecular flexibility index (Phi) is 7.56. The van der Waals surface area contributed by atoms with Crippen molar-refractivity contribution < 1.29 is 17.9 Å². The van der Waals surface area contributed by atoms with Crippen LogP contribution in [0, 0.1) is 0 Å². The Bertz CT molecular complexity index is 921. The van der Waals surface area contributed by atoms with Crippen LogP contribution in [-0.2, 0) is 32.5 Å². The minimum absolute atomic E-state index is 0.0332. The topological polar surface area (TPSA) is 93.5 Å². The molecule has 1 aromatic heterocycles. The summed E-state index contributed by atoms with van der Waals surface area (Å²) in [6.45, 7) is 5.25. The highest BCUT2D eigenvalue weighted by molar-refractivity contribution is 7.89. The fourth-order valence-electron chi connectivity index (χ4n) is 3.01. The monoisotopic (exact) mass is 410 g/mol. The van der Waals surface area contributed by atoms with Crippen molar-refractivity contribution in [3.8, 4) is 0 Å². The van der Waals surface area contributed by atoms with Gasteiger partial charge in [0.2, 0.25) is 15.9 Å². The number of sulfonamides is 1. The molecule has 1 aromatic carbocycles. The van der Waals surface area contributed by atoms with Crippen molar-refractivity contribution in [2.75, 3.05) is 27.8 Å². The molecule has 8 nitrogen and oxygen atoms in total. The Balaban J connectivity index is 2.18. The Morgan fingerprint density at radius 2 is 2.07 bits per heavy atom. The number of carbonyl (C=O) groups excluding carboxylic acids is 1. The molecule has 2 rings (SSSR count). The lowest BCUT2D eigenvalue weighted by Crippen LogP contribution is -2.33. The van der Waals surface area contributed by atoms with E-state index >= 15 is 0 Å². The summed E-state index contributed by atoms with van der Waals surface area (Å²) in [5, 5.41) is 2.96. The van der Waals surface area contributed by atoms with Gasteiger partial charge >= 0.3 is 0 Å². The van der Waals surface area contributed by atoms with E-state index in [0.29, 0.717) is 31.5 Å². The second kappa shape index (κ2) is 9.49. The Labute approximate surface area is 166 Å². The number of imidazole rings is 1. The maximum atomic E-state index is 12.4. The second-order valence-electron chi connectivity index (χ2n) is 6.96. The van der Waals surface area contributed by atoms with Gasteiger partial charge in [-0.2, -0.15) is 0 Å². The fraction of sp³-hybridized carbons (Fsp3) is 0.579. The highest BCUT2D eigenvalue weighted by Crippen LogP contribution is 2.22. The number of carbonyl (C=O) groups is 1. The normalized spacial score (nSPS) is 13.2. The number of aromatic nitrogens is 2. The maximum Gasteiger partial charge on any atom is 0.242 e. The molecule has 1 atom stereocenters. The molecular weight excluding hydrogens is 380 g/mol. The number of nitrogens with zero attached hydrogens (tertiary/aromatic N) is 3. The van der Waals surface area contributed by atoms with E-state index in [9.17, 15) is 13.2 Å². The number of hydrogen-bond acceptors (Lipinski definition) is 5. The van der Waals surface area contributed by atoms with Crippen LogP contribution in [0.25, 0.3) is 11.0 Å². The van der Waals surface area contributed by atoms with Gasteiger partial charge in [-0.3, -0.25) is 4.79 Å². The van der Waals surface area contributed by atoms with Gasteiger partial charge in [-0.05, 0) is 38.5 Å². The van der Waals surface area contributed by atoms with Crippen molar-refractivity contribution >= 4 is 27.0 Å². The molecule has 1 unspecified atom stereocenters. The summed E-state index contributed by atoms with van der Waals surface area (Å²) in [5.74, 6) is 0.741. The summed E-state index contributed by atoms with van der Waals surface area (Å²) in [6.07, 6.45) is 1.57. The van der Waals surface area contributed by atoms with Crippen molar-refractivity contribution in [2.24, 2.45) is 0 Å². The first-order valence-electron chi connectivity index (χ1n) is 9.40. The summed E-state index contributed by atoms with van der Waals surface area (Å²) in [6, 6.07) is 5.02. The molecule has 156 valence electrons. The zero-order valence-electron chi connectivity index (χ0n) is 17.2. The lowest BCUT2D eigenvalue weighted by atomic mass is 10.2. The Hall–Kier alpha value is -1.97. The zero-order valence-corrected chi connectivity index (χ0v) is 18.0. The summed E-state index contributed by atoms with van der Waals surface area (Å²) in [4.78, 5) is 17.0. The summed E-state index contributed by atoms with van der Waals surface area (Å²) in [5.41, 5.74) is 1.48. The first-order chi connectivity index (χ1) is 13.2. The van der Waals surface area contributed by atoms with E-state index in [1.54, 1.807) is 25.3 Å². The lowest BCUT2D eigenvalue weighted by Gasteiger charge is -2.13. The van der Waals surface area contributed by atoms with Crippen molar-refractivity contribution in [3.63, 3.8) is 0 Å². The zero-order chi connectivity index (χ0) is 20.9. The third kappa shape index (κ3) is 5.09. The van der Waals surface area contributed by atoms with Gasteiger partial charge in [-0.1, -0.05) is 0 Å². The number of methoxy groups -OCH3 is 1. The van der Waals surface area contributed by atoms with Gasteiger partial charge in [0.05, 0.1) is 15.9 Å². The van der Waals surface area contributed by atoms with E-state index < -0.39 is 10.0 Å². The molecule has 0 saturated heterocycles. The number of aryl methyl sites for hydroxylation is 2. The molecule has 0 aliphatic heterocycles. The minimum Gasteiger partial charge on any atom is -0.385 e. The summed E-state index contributed by atoms with van der Waals surface area (Å²) < 4.78 is 32.9. The number of hydrogen-bond donors (Lipinski definition) is 1. The first-order valence-corrected chi connectivity index (χ1v) is 10.8. The molecule has 0 radical (unpaired) electrons. The molecule has 0 bridgehead atoms. The van der Waals surface area contributed by atoms with Gasteiger partial charge in [0, 0.05) is 53.2 Å². The number of ether oxygens (including phenoxy) is 1. The molecule has 0 saturated carbocycles. The summed E-state index contributed by atoms with van der Waals surface area (Å²) >= 11 is 0. The predicted octanol–water partition coefficient (Wildman–Crippen LogP) is 1.78. The highest BCUT2D eigenvalue weighted by Gasteiger charge is 2.20. The number of rotatable bonds is 10. The van der Waals surface area contributed by atoms with E-state index in [2.05, 4.69) is 10.3 Å². The third-order valence-electron chi connectivity index (χ3n) is 4.63. The van der Waals surface area contributed by atoms with Crippen molar-refractivity contribution in [3.05, 3.63) is 24.0 Å². The van der Waals surface area contributed by atoms with Crippen LogP contribution in [0.4, 0.5) is 0 Å². The highest BCUT2D eigenvalue weighted by atomic mass is 32.2. The van der Waals surface area contributed by atoms with Crippen LogP contribution in [0.5, 0.6) is 0 Å². The van der Waals surface area contributed by atoms with Gasteiger partial charge in [-0.25, -0.2) is 17.7 Å². The molecule has 0 aliphatic rings. The van der Waals surface area contributed by atoms with Crippen molar-refractivity contribution in [1.29, 1.82) is 0 Å². The molecule has 0 fully saturated rings. The molecule has 1 heterocycles. The van der Waals surface area contributed by atoms with Gasteiger partial charge in [0.25, 0.3) is 0 Å². The van der Waals surface area contributed by atoms with Gasteiger partial charge in [0.1, 0.15) is 5.82 Å². The number of fused-ring (bicyclic) bond motifs is 1. The smallest absolute Gasteiger partial charge is 0.242 e. The molecule has 1 N–H and O–H groups in total. The third-order valence-corrected chi connectivity index (χ3v) is 6.44. The van der Waals surface area contributed by atoms with E-state index in [1.807, 2.05) is 18.4 Å². The number of benzene rings is 1. The van der Waals surface area contributed by atoms with Crippen LogP contribution in [0.2, 0.25) is 0 Å². The molecule has 2 aromatic rings. The average Bonchev–Trinajstić information content (AvgIpc) is 3.01. The van der Waals surface area contributed by atoms with Crippen LogP contribution in [-0.4, -0.2) is 62.0 Å². The molecule has 1 amide bonds. The van der Waals surface area contributed by atoms with Gasteiger partial charge in [0.15, 0.2) is 0 Å². The van der Waals surface area contributed by atoms with Crippen molar-refractivity contribution in [2.45, 2.75) is 50.6 Å². The molecule has 0 aliphatic carbocycles. The molecule has 28 heavy (non-hydrogen) atoms. The second-order valence-corrected chi connectivity index (χ2v) is 9.11. The maximum absolute atomic E-state index is 12.4. The van der Waals surface area contributed by atoms with E-state index in [-0.39, 0.29) is 16.8 Å². The minimum atomic E-state index is -3.52. The van der Waals surface area contributed by atoms with E-state index in [1.165, 1.54) is 18.4 Å². The van der Waals surface area contributed by atoms with Crippen LogP contribution < -0.4 is 5.32 Å². The quantitative estimate of drug-likeness (QED) is 0.644. The predicted molar refractivity (Wildman–Crippen MR) is 109 cm³/mol. The Morgan fingerprint density at radius 1 is 1.36 bits per heavy atom. The van der Waals surface area contributed by atoms with Crippen LogP contribution in [0.15, 0.2) is 23.1 Å². The van der Waals surface area contributed by atoms with E-state index in [0.717, 1.165) is 17.8 Å².